The normalized spacial score (nSPS) is 9.57. The van der Waals surface area contributed by atoms with E-state index in [-0.39, 0.29) is 15.7 Å². The molecule has 7 heteroatoms. The van der Waals surface area contributed by atoms with Crippen LogP contribution in [0, 0.1) is 10.1 Å². The van der Waals surface area contributed by atoms with Crippen LogP contribution in [0.25, 0.3) is 0 Å². The van der Waals surface area contributed by atoms with E-state index < -0.39 is 10.9 Å². The molecule has 1 heterocycles. The fraction of sp³-hybridized carbons (Fsp3) is 0.143. The van der Waals surface area contributed by atoms with Crippen molar-refractivity contribution in [1.29, 1.82) is 0 Å². The van der Waals surface area contributed by atoms with Crippen LogP contribution in [-0.4, -0.2) is 23.0 Å². The summed E-state index contributed by atoms with van der Waals surface area (Å²) in [5.41, 5.74) is -0.241. The second-order valence-electron chi connectivity index (χ2n) is 2.27. The maximum atomic E-state index is 11.1. The molecule has 0 saturated carbocycles. The fourth-order valence-corrected chi connectivity index (χ4v) is 1.32. The predicted molar refractivity (Wildman–Crippen MR) is 49.9 cm³/mol. The Morgan fingerprint density at radius 1 is 1.64 bits per heavy atom. The van der Waals surface area contributed by atoms with Gasteiger partial charge in [0.1, 0.15) is 10.7 Å². The molecule has 0 aliphatic rings. The Morgan fingerprint density at radius 3 is 2.79 bits per heavy atom. The topological polar surface area (TPSA) is 82.3 Å². The smallest absolute Gasteiger partial charge is 0.340 e. The minimum Gasteiger partial charge on any atom is -0.465 e. The summed E-state index contributed by atoms with van der Waals surface area (Å²) < 4.78 is 4.49. The lowest BCUT2D eigenvalue weighted by molar-refractivity contribution is -0.386. The number of hydrogen-bond acceptors (Lipinski definition) is 5. The van der Waals surface area contributed by atoms with Gasteiger partial charge in [0.25, 0.3) is 0 Å². The lowest BCUT2D eigenvalue weighted by atomic mass is 10.3. The van der Waals surface area contributed by atoms with Crippen LogP contribution < -0.4 is 0 Å². The van der Waals surface area contributed by atoms with Gasteiger partial charge in [-0.25, -0.2) is 4.79 Å². The Labute approximate surface area is 87.2 Å². The van der Waals surface area contributed by atoms with Gasteiger partial charge in [-0.15, -0.1) is 0 Å². The molecule has 1 aromatic heterocycles. The highest BCUT2D eigenvalue weighted by Gasteiger charge is 2.20. The molecule has 1 rings (SSSR count). The van der Waals surface area contributed by atoms with Gasteiger partial charge in [0.15, 0.2) is 0 Å². The number of aromatic nitrogens is 1. The first-order chi connectivity index (χ1) is 6.57. The monoisotopic (exact) mass is 260 g/mol. The van der Waals surface area contributed by atoms with Crippen molar-refractivity contribution in [1.82, 2.24) is 4.98 Å². The van der Waals surface area contributed by atoms with Crippen LogP contribution >= 0.6 is 15.9 Å². The molecule has 74 valence electrons. The van der Waals surface area contributed by atoms with E-state index in [1.54, 1.807) is 0 Å². The molecule has 0 aromatic carbocycles. The first-order valence-corrected chi connectivity index (χ1v) is 4.23. The molecule has 0 spiro atoms. The van der Waals surface area contributed by atoms with Crippen LogP contribution in [0.5, 0.6) is 0 Å². The maximum Gasteiger partial charge on any atom is 0.340 e. The molecular weight excluding hydrogens is 256 g/mol. The minimum absolute atomic E-state index is 0.0294. The number of halogens is 1. The lowest BCUT2D eigenvalue weighted by Gasteiger charge is -2.01. The van der Waals surface area contributed by atoms with Gasteiger partial charge < -0.3 is 4.74 Å². The molecule has 0 unspecified atom stereocenters. The van der Waals surface area contributed by atoms with Crippen LogP contribution in [-0.2, 0) is 4.74 Å². The van der Waals surface area contributed by atoms with Gasteiger partial charge in [0.05, 0.1) is 17.6 Å². The summed E-state index contributed by atoms with van der Waals surface area (Å²) in [4.78, 5) is 24.5. The van der Waals surface area contributed by atoms with E-state index in [1.807, 2.05) is 0 Å². The predicted octanol–water partition coefficient (Wildman–Crippen LogP) is 1.54. The second kappa shape index (κ2) is 4.14. The number of carbonyl (C=O) groups excluding carboxylic acids is 1. The standard InChI is InChI=1S/C7H5BrN2O4/c1-14-7(11)4-2-9-3-5(6(4)8)10(12)13/h2-3H,1H3. The number of pyridine rings is 1. The van der Waals surface area contributed by atoms with Gasteiger partial charge in [-0.2, -0.15) is 0 Å². The third kappa shape index (κ3) is 1.87. The van der Waals surface area contributed by atoms with Crippen LogP contribution in [0.2, 0.25) is 0 Å². The van der Waals surface area contributed by atoms with E-state index in [2.05, 4.69) is 25.7 Å². The molecule has 6 nitrogen and oxygen atoms in total. The number of ether oxygens (including phenoxy) is 1. The van der Waals surface area contributed by atoms with E-state index in [9.17, 15) is 14.9 Å². The van der Waals surface area contributed by atoms with Crippen molar-refractivity contribution in [2.24, 2.45) is 0 Å². The molecule has 14 heavy (non-hydrogen) atoms. The van der Waals surface area contributed by atoms with Crippen molar-refractivity contribution in [3.05, 3.63) is 32.5 Å². The largest absolute Gasteiger partial charge is 0.465 e. The molecular formula is C7H5BrN2O4. The number of carbonyl (C=O) groups is 1. The highest BCUT2D eigenvalue weighted by molar-refractivity contribution is 9.10. The summed E-state index contributed by atoms with van der Waals surface area (Å²) in [5.74, 6) is -0.673. The Bertz CT molecular complexity index is 393. The van der Waals surface area contributed by atoms with Gasteiger partial charge in [0, 0.05) is 6.20 Å². The van der Waals surface area contributed by atoms with E-state index >= 15 is 0 Å². The SMILES string of the molecule is COC(=O)c1cncc([N+](=O)[O-])c1Br. The Morgan fingerprint density at radius 2 is 2.29 bits per heavy atom. The fourth-order valence-electron chi connectivity index (χ4n) is 0.813. The maximum absolute atomic E-state index is 11.1. The molecule has 0 saturated heterocycles. The Hall–Kier alpha value is -1.50. The van der Waals surface area contributed by atoms with Gasteiger partial charge in [-0.05, 0) is 15.9 Å². The van der Waals surface area contributed by atoms with Crippen LogP contribution in [0.1, 0.15) is 10.4 Å². The van der Waals surface area contributed by atoms with Gasteiger partial charge in [-0.3, -0.25) is 15.1 Å². The number of esters is 1. The summed E-state index contributed by atoms with van der Waals surface area (Å²) in [6, 6.07) is 0. The third-order valence-electron chi connectivity index (χ3n) is 1.46. The average Bonchev–Trinajstić information content (AvgIpc) is 2.16. The number of nitro groups is 1. The molecule has 0 fully saturated rings. The molecule has 0 amide bonds. The highest BCUT2D eigenvalue weighted by atomic mass is 79.9. The van der Waals surface area contributed by atoms with Gasteiger partial charge in [-0.1, -0.05) is 0 Å². The zero-order chi connectivity index (χ0) is 10.7. The molecule has 1 aromatic rings. The molecule has 0 aliphatic heterocycles. The summed E-state index contributed by atoms with van der Waals surface area (Å²) in [6.07, 6.45) is 2.25. The number of rotatable bonds is 2. The quantitative estimate of drug-likeness (QED) is 0.458. The molecule has 0 bridgehead atoms. The molecule has 0 N–H and O–H groups in total. The minimum atomic E-state index is -0.673. The average molecular weight is 261 g/mol. The number of hydrogen-bond donors (Lipinski definition) is 0. The second-order valence-corrected chi connectivity index (χ2v) is 3.06. The number of methoxy groups -OCH3 is 1. The molecule has 0 atom stereocenters. The Kier molecular flexibility index (Phi) is 3.13. The van der Waals surface area contributed by atoms with Crippen molar-refractivity contribution in [3.8, 4) is 0 Å². The molecule has 0 aliphatic carbocycles. The summed E-state index contributed by atoms with van der Waals surface area (Å²) in [5, 5.41) is 10.5. The van der Waals surface area contributed by atoms with Crippen molar-refractivity contribution < 1.29 is 14.5 Å². The van der Waals surface area contributed by atoms with Crippen molar-refractivity contribution in [3.63, 3.8) is 0 Å². The van der Waals surface area contributed by atoms with Crippen molar-refractivity contribution in [2.75, 3.05) is 7.11 Å². The zero-order valence-electron chi connectivity index (χ0n) is 7.06. The number of nitrogens with zero attached hydrogens (tertiary/aromatic N) is 2. The van der Waals surface area contributed by atoms with E-state index in [1.165, 1.54) is 13.3 Å². The Balaban J connectivity index is 3.27. The van der Waals surface area contributed by atoms with E-state index in [4.69, 9.17) is 0 Å². The lowest BCUT2D eigenvalue weighted by Crippen LogP contribution is -2.04. The van der Waals surface area contributed by atoms with Gasteiger partial charge >= 0.3 is 11.7 Å². The van der Waals surface area contributed by atoms with Crippen LogP contribution in [0.3, 0.4) is 0 Å². The first-order valence-electron chi connectivity index (χ1n) is 3.44. The van der Waals surface area contributed by atoms with Crippen LogP contribution in [0.4, 0.5) is 5.69 Å². The summed E-state index contributed by atoms with van der Waals surface area (Å²) in [7, 11) is 1.19. The zero-order valence-corrected chi connectivity index (χ0v) is 8.65. The van der Waals surface area contributed by atoms with Crippen LogP contribution in [0.15, 0.2) is 16.9 Å². The van der Waals surface area contributed by atoms with Crippen molar-refractivity contribution in [2.45, 2.75) is 0 Å². The summed E-state index contributed by atoms with van der Waals surface area (Å²) >= 11 is 2.94. The highest BCUT2D eigenvalue weighted by Crippen LogP contribution is 2.27. The van der Waals surface area contributed by atoms with Crippen molar-refractivity contribution >= 4 is 27.6 Å². The van der Waals surface area contributed by atoms with E-state index in [0.29, 0.717) is 0 Å². The third-order valence-corrected chi connectivity index (χ3v) is 2.30. The van der Waals surface area contributed by atoms with E-state index in [0.717, 1.165) is 6.20 Å². The molecule has 0 radical (unpaired) electrons. The van der Waals surface area contributed by atoms with Gasteiger partial charge in [0.2, 0.25) is 0 Å². The first kappa shape index (κ1) is 10.6. The summed E-state index contributed by atoms with van der Waals surface area (Å²) in [6.45, 7) is 0.